The van der Waals surface area contributed by atoms with Crippen molar-refractivity contribution in [3.05, 3.63) is 47.3 Å². The van der Waals surface area contributed by atoms with E-state index >= 15 is 0 Å². The van der Waals surface area contributed by atoms with Gasteiger partial charge in [0.2, 0.25) is 17.8 Å². The number of nitrogens with one attached hydrogen (secondary N) is 1. The molecule has 11 heteroatoms. The van der Waals surface area contributed by atoms with Crippen LogP contribution in [0.2, 0.25) is 5.15 Å². The molecule has 0 bridgehead atoms. The van der Waals surface area contributed by atoms with Gasteiger partial charge in [0.05, 0.1) is 17.4 Å². The lowest BCUT2D eigenvalue weighted by Gasteiger charge is -2.45. The van der Waals surface area contributed by atoms with Gasteiger partial charge in [0.15, 0.2) is 0 Å². The summed E-state index contributed by atoms with van der Waals surface area (Å²) in [4.78, 5) is 55.5. The van der Waals surface area contributed by atoms with Crippen molar-refractivity contribution < 1.29 is 14.4 Å². The molecule has 180 valence electrons. The minimum atomic E-state index is -0.446. The molecule has 0 spiro atoms. The number of amides is 3. The lowest BCUT2D eigenvalue weighted by Crippen LogP contribution is -2.56. The van der Waals surface area contributed by atoms with E-state index in [0.29, 0.717) is 29.4 Å². The Balaban J connectivity index is 2.13. The molecule has 3 rings (SSSR count). The predicted octanol–water partition coefficient (Wildman–Crippen LogP) is 1.92. The molecule has 1 saturated heterocycles. The minimum absolute atomic E-state index is 0.114. The summed E-state index contributed by atoms with van der Waals surface area (Å²) < 4.78 is 0. The van der Waals surface area contributed by atoms with Crippen LogP contribution in [0.5, 0.6) is 0 Å². The van der Waals surface area contributed by atoms with Crippen LogP contribution in [0.3, 0.4) is 0 Å². The van der Waals surface area contributed by atoms with Gasteiger partial charge in [-0.25, -0.2) is 15.0 Å². The van der Waals surface area contributed by atoms with Crippen molar-refractivity contribution >= 4 is 35.3 Å². The van der Waals surface area contributed by atoms with Crippen LogP contribution in [-0.2, 0) is 9.59 Å². The van der Waals surface area contributed by atoms with Gasteiger partial charge in [-0.15, -0.1) is 0 Å². The number of aromatic nitrogens is 3. The van der Waals surface area contributed by atoms with Gasteiger partial charge in [-0.05, 0) is 36.8 Å². The van der Waals surface area contributed by atoms with Crippen LogP contribution >= 0.6 is 11.6 Å². The molecule has 3 heterocycles. The van der Waals surface area contributed by atoms with Gasteiger partial charge in [-0.2, -0.15) is 0 Å². The smallest absolute Gasteiger partial charge is 0.269 e. The van der Waals surface area contributed by atoms with Crippen molar-refractivity contribution in [1.29, 1.82) is 0 Å². The zero-order chi connectivity index (χ0) is 25.2. The van der Waals surface area contributed by atoms with Crippen molar-refractivity contribution in [2.75, 3.05) is 39.1 Å². The van der Waals surface area contributed by atoms with Gasteiger partial charge < -0.3 is 20.0 Å². The molecule has 10 nitrogen and oxygen atoms in total. The van der Waals surface area contributed by atoms with Crippen LogP contribution in [-0.4, -0.2) is 82.7 Å². The minimum Gasteiger partial charge on any atom is -0.354 e. The topological polar surface area (TPSA) is 112 Å². The molecule has 1 N–H and O–H groups in total. The maximum atomic E-state index is 12.5. The Morgan fingerprint density at radius 3 is 2.41 bits per heavy atom. The monoisotopic (exact) mass is 485 g/mol. The number of halogens is 1. The molecule has 1 aliphatic rings. The summed E-state index contributed by atoms with van der Waals surface area (Å²) in [6.07, 6.45) is 1.27. The summed E-state index contributed by atoms with van der Waals surface area (Å²) in [6.45, 7) is 7.66. The highest BCUT2D eigenvalue weighted by atomic mass is 35.5. The molecule has 0 radical (unpaired) electrons. The lowest BCUT2D eigenvalue weighted by atomic mass is 9.98. The molecule has 2 aromatic heterocycles. The fourth-order valence-corrected chi connectivity index (χ4v) is 4.26. The molecule has 34 heavy (non-hydrogen) atoms. The molecular weight excluding hydrogens is 458 g/mol. The first-order valence-corrected chi connectivity index (χ1v) is 11.1. The summed E-state index contributed by atoms with van der Waals surface area (Å²) in [5.74, 6) is -0.353. The van der Waals surface area contributed by atoms with E-state index in [4.69, 9.17) is 11.6 Å². The predicted molar refractivity (Wildman–Crippen MR) is 129 cm³/mol. The standard InChI is InChI=1S/C23H28ClN7O3/c1-7-21(33)30-11-13(2)31(14(3)32)19(12-30)15-8-16(26-20(24)9-15)17-10-18(22(34)25-4)28-23(27-17)29(5)6/h7-10,13,19H,1,11-12H2,2-6H3,(H,25,34)/t13-,19+/m1/s1. The van der Waals surface area contributed by atoms with Gasteiger partial charge in [-0.3, -0.25) is 14.4 Å². The second kappa shape index (κ2) is 10.2. The summed E-state index contributed by atoms with van der Waals surface area (Å²) in [6, 6.07) is 4.33. The van der Waals surface area contributed by atoms with Crippen molar-refractivity contribution in [3.63, 3.8) is 0 Å². The van der Waals surface area contributed by atoms with Gasteiger partial charge in [0, 0.05) is 47.2 Å². The van der Waals surface area contributed by atoms with Crippen molar-refractivity contribution in [1.82, 2.24) is 30.1 Å². The number of piperazine rings is 1. The first kappa shape index (κ1) is 25.1. The molecule has 0 saturated carbocycles. The zero-order valence-corrected chi connectivity index (χ0v) is 20.6. The number of carbonyl (C=O) groups is 3. The largest absolute Gasteiger partial charge is 0.354 e. The lowest BCUT2D eigenvalue weighted by molar-refractivity contribution is -0.143. The van der Waals surface area contributed by atoms with E-state index in [9.17, 15) is 14.4 Å². The van der Waals surface area contributed by atoms with Crippen LogP contribution in [0.15, 0.2) is 30.9 Å². The van der Waals surface area contributed by atoms with Gasteiger partial charge in [-0.1, -0.05) is 18.2 Å². The van der Waals surface area contributed by atoms with Gasteiger partial charge in [0.1, 0.15) is 10.8 Å². The third-order valence-electron chi connectivity index (χ3n) is 5.58. The summed E-state index contributed by atoms with van der Waals surface area (Å²) in [5, 5.41) is 2.76. The molecule has 0 unspecified atom stereocenters. The second-order valence-electron chi connectivity index (χ2n) is 8.26. The average Bonchev–Trinajstić information content (AvgIpc) is 2.81. The quantitative estimate of drug-likeness (QED) is 0.508. The Morgan fingerprint density at radius 1 is 1.15 bits per heavy atom. The third kappa shape index (κ3) is 5.17. The number of anilines is 1. The Bertz CT molecular complexity index is 1140. The van der Waals surface area contributed by atoms with E-state index in [1.807, 2.05) is 6.92 Å². The van der Waals surface area contributed by atoms with E-state index < -0.39 is 6.04 Å². The normalized spacial score (nSPS) is 17.8. The number of carbonyl (C=O) groups excluding carboxylic acids is 3. The molecule has 0 aromatic carbocycles. The Kier molecular flexibility index (Phi) is 7.51. The van der Waals surface area contributed by atoms with E-state index in [2.05, 4.69) is 26.8 Å². The number of hydrogen-bond donors (Lipinski definition) is 1. The van der Waals surface area contributed by atoms with Gasteiger partial charge >= 0.3 is 0 Å². The molecular formula is C23H28ClN7O3. The Labute approximate surface area is 203 Å². The highest BCUT2D eigenvalue weighted by Gasteiger charge is 2.36. The molecule has 2 aromatic rings. The molecule has 0 aliphatic carbocycles. The maximum Gasteiger partial charge on any atom is 0.269 e. The third-order valence-corrected chi connectivity index (χ3v) is 5.77. The van der Waals surface area contributed by atoms with Crippen LogP contribution < -0.4 is 10.2 Å². The first-order valence-electron chi connectivity index (χ1n) is 10.7. The maximum absolute atomic E-state index is 12.5. The van der Waals surface area contributed by atoms with E-state index in [-0.39, 0.29) is 41.2 Å². The van der Waals surface area contributed by atoms with Crippen LogP contribution in [0.1, 0.15) is 35.9 Å². The summed E-state index contributed by atoms with van der Waals surface area (Å²) >= 11 is 6.40. The summed E-state index contributed by atoms with van der Waals surface area (Å²) in [7, 11) is 5.05. The van der Waals surface area contributed by atoms with E-state index in [1.165, 1.54) is 26.1 Å². The highest BCUT2D eigenvalue weighted by molar-refractivity contribution is 6.29. The van der Waals surface area contributed by atoms with E-state index in [1.54, 1.807) is 40.9 Å². The van der Waals surface area contributed by atoms with Crippen molar-refractivity contribution in [2.24, 2.45) is 0 Å². The number of hydrogen-bond acceptors (Lipinski definition) is 7. The fourth-order valence-electron chi connectivity index (χ4n) is 4.04. The Morgan fingerprint density at radius 2 is 1.82 bits per heavy atom. The SMILES string of the molecule is C=CC(=O)N1C[C@@H](C)N(C(C)=O)[C@H](c2cc(Cl)nc(-c3cc(C(=O)NC)nc(N(C)C)n3)c2)C1. The Hall–Kier alpha value is -3.53. The highest BCUT2D eigenvalue weighted by Crippen LogP contribution is 2.32. The fraction of sp³-hybridized carbons (Fsp3) is 0.391. The second-order valence-corrected chi connectivity index (χ2v) is 8.65. The molecule has 3 amide bonds. The number of rotatable bonds is 5. The first-order chi connectivity index (χ1) is 16.0. The van der Waals surface area contributed by atoms with E-state index in [0.717, 1.165) is 0 Å². The van der Waals surface area contributed by atoms with Gasteiger partial charge in [0.25, 0.3) is 5.91 Å². The molecule has 2 atom stereocenters. The average molecular weight is 486 g/mol. The summed E-state index contributed by atoms with van der Waals surface area (Å²) in [5.41, 5.74) is 1.70. The van der Waals surface area contributed by atoms with Crippen molar-refractivity contribution in [2.45, 2.75) is 25.9 Å². The number of nitrogens with zero attached hydrogens (tertiary/aromatic N) is 6. The molecule has 1 fully saturated rings. The van der Waals surface area contributed by atoms with Crippen LogP contribution in [0.25, 0.3) is 11.4 Å². The zero-order valence-electron chi connectivity index (χ0n) is 19.9. The van der Waals surface area contributed by atoms with Crippen LogP contribution in [0, 0.1) is 0 Å². The number of pyridine rings is 1. The molecule has 1 aliphatic heterocycles. The van der Waals surface area contributed by atoms with Crippen LogP contribution in [0.4, 0.5) is 5.95 Å². The van der Waals surface area contributed by atoms with Crippen molar-refractivity contribution in [3.8, 4) is 11.4 Å².